The van der Waals surface area contributed by atoms with E-state index < -0.39 is 6.17 Å². The Morgan fingerprint density at radius 2 is 2.00 bits per heavy atom. The van der Waals surface area contributed by atoms with E-state index in [0.29, 0.717) is 0 Å². The van der Waals surface area contributed by atoms with Crippen molar-refractivity contribution in [2.24, 2.45) is 5.73 Å². The van der Waals surface area contributed by atoms with Gasteiger partial charge in [0.1, 0.15) is 6.17 Å². The summed E-state index contributed by atoms with van der Waals surface area (Å²) in [6.07, 6.45) is -0.137. The molecule has 0 aromatic rings. The van der Waals surface area contributed by atoms with Crippen molar-refractivity contribution < 1.29 is 4.39 Å². The third-order valence-electron chi connectivity index (χ3n) is 1.06. The van der Waals surface area contributed by atoms with Crippen molar-refractivity contribution in [3.8, 4) is 0 Å². The van der Waals surface area contributed by atoms with Crippen LogP contribution in [0.2, 0.25) is 0 Å². The minimum absolute atomic E-state index is 0. The molecule has 0 fully saturated rings. The largest absolute Gasteiger partial charge is 0.325 e. The van der Waals surface area contributed by atoms with E-state index >= 15 is 0 Å². The summed E-state index contributed by atoms with van der Waals surface area (Å²) in [6.45, 7) is 3.36. The quantitative estimate of drug-likeness (QED) is 0.620. The average molecular weight is 142 g/mol. The van der Waals surface area contributed by atoms with Gasteiger partial charge in [0.05, 0.1) is 0 Å². The van der Waals surface area contributed by atoms with E-state index in [1.165, 1.54) is 6.92 Å². The topological polar surface area (TPSA) is 26.0 Å². The van der Waals surface area contributed by atoms with Gasteiger partial charge in [-0.3, -0.25) is 0 Å². The number of rotatable bonds is 2. The zero-order valence-corrected chi connectivity index (χ0v) is 6.04. The molecule has 0 aromatic carbocycles. The van der Waals surface area contributed by atoms with Crippen LogP contribution < -0.4 is 5.73 Å². The number of nitrogens with two attached hydrogens (primary N) is 1. The average Bonchev–Trinajstić information content (AvgIpc) is 1.65. The fraction of sp³-hybridized carbons (Fsp3) is 1.00. The molecule has 0 spiro atoms. The molecule has 0 radical (unpaired) electrons. The van der Waals surface area contributed by atoms with Crippen LogP contribution in [-0.4, -0.2) is 12.2 Å². The van der Waals surface area contributed by atoms with Gasteiger partial charge >= 0.3 is 0 Å². The molecule has 0 saturated carbocycles. The van der Waals surface area contributed by atoms with Gasteiger partial charge in [-0.15, -0.1) is 12.4 Å². The second-order valence-corrected chi connectivity index (χ2v) is 1.75. The Morgan fingerprint density at radius 1 is 1.62 bits per heavy atom. The summed E-state index contributed by atoms with van der Waals surface area (Å²) in [5.74, 6) is 0. The highest BCUT2D eigenvalue weighted by Crippen LogP contribution is 1.96. The molecule has 52 valence electrons. The minimum atomic E-state index is -0.856. The van der Waals surface area contributed by atoms with Crippen molar-refractivity contribution in [3.63, 3.8) is 0 Å². The van der Waals surface area contributed by atoms with Crippen molar-refractivity contribution in [3.05, 3.63) is 0 Å². The fourth-order valence-corrected chi connectivity index (χ4v) is 0.325. The van der Waals surface area contributed by atoms with E-state index in [1.807, 2.05) is 6.92 Å². The van der Waals surface area contributed by atoms with Gasteiger partial charge in [0.25, 0.3) is 0 Å². The Kier molecular flexibility index (Phi) is 7.34. The van der Waals surface area contributed by atoms with Gasteiger partial charge in [0.15, 0.2) is 0 Å². The second kappa shape index (κ2) is 5.32. The van der Waals surface area contributed by atoms with Crippen LogP contribution in [0, 0.1) is 0 Å². The monoisotopic (exact) mass is 141 g/mol. The molecule has 2 unspecified atom stereocenters. The Hall–Kier alpha value is 0.180. The first-order valence-electron chi connectivity index (χ1n) is 2.58. The first-order valence-corrected chi connectivity index (χ1v) is 2.58. The zero-order chi connectivity index (χ0) is 5.86. The lowest BCUT2D eigenvalue weighted by atomic mass is 10.2. The van der Waals surface area contributed by atoms with Gasteiger partial charge in [0, 0.05) is 6.04 Å². The van der Waals surface area contributed by atoms with Gasteiger partial charge in [0.2, 0.25) is 0 Å². The highest BCUT2D eigenvalue weighted by atomic mass is 35.5. The smallest absolute Gasteiger partial charge is 0.112 e. The van der Waals surface area contributed by atoms with Crippen molar-refractivity contribution in [1.82, 2.24) is 0 Å². The summed E-state index contributed by atoms with van der Waals surface area (Å²) >= 11 is 0. The highest BCUT2D eigenvalue weighted by molar-refractivity contribution is 5.85. The summed E-state index contributed by atoms with van der Waals surface area (Å²) in [4.78, 5) is 0. The van der Waals surface area contributed by atoms with Gasteiger partial charge in [-0.25, -0.2) is 4.39 Å². The summed E-state index contributed by atoms with van der Waals surface area (Å²) in [5, 5.41) is 0. The standard InChI is InChI=1S/C5H12FN.ClH/c1-3-5(7)4(2)6;/h4-5H,3,7H2,1-2H3;1H. The van der Waals surface area contributed by atoms with Crippen molar-refractivity contribution in [2.75, 3.05) is 0 Å². The number of alkyl halides is 1. The van der Waals surface area contributed by atoms with Crippen LogP contribution in [-0.2, 0) is 0 Å². The zero-order valence-electron chi connectivity index (χ0n) is 5.23. The molecule has 0 heterocycles. The molecule has 0 aromatic heterocycles. The molecule has 0 aliphatic heterocycles. The number of hydrogen-bond acceptors (Lipinski definition) is 1. The normalized spacial score (nSPS) is 16.5. The predicted octanol–water partition coefficient (Wildman–Crippen LogP) is 1.50. The van der Waals surface area contributed by atoms with E-state index in [0.717, 1.165) is 6.42 Å². The van der Waals surface area contributed by atoms with E-state index in [-0.39, 0.29) is 18.4 Å². The van der Waals surface area contributed by atoms with Gasteiger partial charge in [-0.05, 0) is 13.3 Å². The summed E-state index contributed by atoms with van der Waals surface area (Å²) in [6, 6.07) is -0.264. The molecular formula is C5H13ClFN. The maximum absolute atomic E-state index is 12.0. The molecule has 2 atom stereocenters. The van der Waals surface area contributed by atoms with Gasteiger partial charge in [-0.1, -0.05) is 6.92 Å². The summed E-state index contributed by atoms with van der Waals surface area (Å²) in [5.41, 5.74) is 5.24. The SMILES string of the molecule is CCC(N)C(C)F.Cl. The summed E-state index contributed by atoms with van der Waals surface area (Å²) in [7, 11) is 0. The molecule has 0 rings (SSSR count). The maximum Gasteiger partial charge on any atom is 0.112 e. The van der Waals surface area contributed by atoms with Crippen molar-refractivity contribution in [1.29, 1.82) is 0 Å². The first-order chi connectivity index (χ1) is 3.18. The maximum atomic E-state index is 12.0. The third-order valence-corrected chi connectivity index (χ3v) is 1.06. The molecular weight excluding hydrogens is 129 g/mol. The number of hydrogen-bond donors (Lipinski definition) is 1. The van der Waals surface area contributed by atoms with Crippen LogP contribution in [0.3, 0.4) is 0 Å². The lowest BCUT2D eigenvalue weighted by Gasteiger charge is -2.07. The summed E-state index contributed by atoms with van der Waals surface area (Å²) < 4.78 is 12.0. The molecule has 3 heteroatoms. The molecule has 1 nitrogen and oxygen atoms in total. The highest BCUT2D eigenvalue weighted by Gasteiger charge is 2.05. The Bertz CT molecular complexity index is 49.7. The minimum Gasteiger partial charge on any atom is -0.325 e. The molecule has 0 saturated heterocycles. The second-order valence-electron chi connectivity index (χ2n) is 1.75. The molecule has 0 aliphatic carbocycles. The Balaban J connectivity index is 0. The van der Waals surface area contributed by atoms with Crippen LogP contribution in [0.15, 0.2) is 0 Å². The van der Waals surface area contributed by atoms with Crippen LogP contribution in [0.25, 0.3) is 0 Å². The fourth-order valence-electron chi connectivity index (χ4n) is 0.325. The van der Waals surface area contributed by atoms with Crippen LogP contribution in [0.4, 0.5) is 4.39 Å². The van der Waals surface area contributed by atoms with Gasteiger partial charge < -0.3 is 5.73 Å². The third kappa shape index (κ3) is 4.34. The van der Waals surface area contributed by atoms with Crippen LogP contribution in [0.5, 0.6) is 0 Å². The van der Waals surface area contributed by atoms with Crippen LogP contribution in [0.1, 0.15) is 20.3 Å². The van der Waals surface area contributed by atoms with Crippen LogP contribution >= 0.6 is 12.4 Å². The Morgan fingerprint density at radius 3 is 2.00 bits per heavy atom. The Labute approximate surface area is 55.9 Å². The molecule has 8 heavy (non-hydrogen) atoms. The van der Waals surface area contributed by atoms with E-state index in [9.17, 15) is 4.39 Å². The molecule has 2 N–H and O–H groups in total. The molecule has 0 bridgehead atoms. The molecule has 0 amide bonds. The van der Waals surface area contributed by atoms with Crippen molar-refractivity contribution >= 4 is 12.4 Å². The van der Waals surface area contributed by atoms with E-state index in [4.69, 9.17) is 5.73 Å². The van der Waals surface area contributed by atoms with E-state index in [1.54, 1.807) is 0 Å². The number of halogens is 2. The first kappa shape index (κ1) is 11.0. The van der Waals surface area contributed by atoms with Crippen molar-refractivity contribution in [2.45, 2.75) is 32.5 Å². The lowest BCUT2D eigenvalue weighted by molar-refractivity contribution is 0.300. The molecule has 0 aliphatic rings. The van der Waals surface area contributed by atoms with E-state index in [2.05, 4.69) is 0 Å². The lowest BCUT2D eigenvalue weighted by Crippen LogP contribution is -2.28. The van der Waals surface area contributed by atoms with Gasteiger partial charge in [-0.2, -0.15) is 0 Å². The predicted molar refractivity (Wildman–Crippen MR) is 36.1 cm³/mol.